The van der Waals surface area contributed by atoms with E-state index in [1.165, 1.54) is 0 Å². The molecule has 3 heteroatoms. The van der Waals surface area contributed by atoms with Crippen LogP contribution in [0.4, 0.5) is 0 Å². The van der Waals surface area contributed by atoms with Crippen molar-refractivity contribution in [3.63, 3.8) is 0 Å². The van der Waals surface area contributed by atoms with Crippen LogP contribution in [0.5, 0.6) is 0 Å². The largest absolute Gasteiger partial charge is 0.465 e. The van der Waals surface area contributed by atoms with Gasteiger partial charge in [0.1, 0.15) is 6.04 Å². The first-order chi connectivity index (χ1) is 8.63. The third-order valence-corrected chi connectivity index (χ3v) is 3.33. The molecule has 1 fully saturated rings. The first-order valence-corrected chi connectivity index (χ1v) is 6.62. The summed E-state index contributed by atoms with van der Waals surface area (Å²) in [5.74, 6) is -0.165. The van der Waals surface area contributed by atoms with Gasteiger partial charge in [-0.05, 0) is 50.3 Å². The molecule has 3 nitrogen and oxygen atoms in total. The van der Waals surface area contributed by atoms with Gasteiger partial charge in [0.15, 0.2) is 0 Å². The number of carbonyl (C=O) groups excluding carboxylic acids is 1. The van der Waals surface area contributed by atoms with Gasteiger partial charge in [-0.1, -0.05) is 18.2 Å². The standard InChI is InChI=1S/C15H21NO2/c1-4-18-15(17)14(16-12-8-9-12)13-10(2)6-5-7-11(13)3/h5-7,12,14,16H,4,8-9H2,1-3H3. The molecule has 1 N–H and O–H groups in total. The highest BCUT2D eigenvalue weighted by Gasteiger charge is 2.31. The topological polar surface area (TPSA) is 38.3 Å². The van der Waals surface area contributed by atoms with Crippen LogP contribution in [0.3, 0.4) is 0 Å². The van der Waals surface area contributed by atoms with Crippen molar-refractivity contribution in [3.05, 3.63) is 34.9 Å². The van der Waals surface area contributed by atoms with Crippen LogP contribution in [0.2, 0.25) is 0 Å². The van der Waals surface area contributed by atoms with Gasteiger partial charge in [0.25, 0.3) is 0 Å². The molecule has 1 aliphatic carbocycles. The second-order valence-electron chi connectivity index (χ2n) is 4.93. The first kappa shape index (κ1) is 13.1. The summed E-state index contributed by atoms with van der Waals surface area (Å²) >= 11 is 0. The molecule has 0 heterocycles. The molecule has 0 spiro atoms. The van der Waals surface area contributed by atoms with Crippen molar-refractivity contribution in [1.82, 2.24) is 5.32 Å². The fourth-order valence-corrected chi connectivity index (χ4v) is 2.26. The van der Waals surface area contributed by atoms with Gasteiger partial charge < -0.3 is 4.74 Å². The van der Waals surface area contributed by atoms with Crippen molar-refractivity contribution in [2.45, 2.75) is 45.7 Å². The summed E-state index contributed by atoms with van der Waals surface area (Å²) in [5, 5.41) is 3.40. The van der Waals surface area contributed by atoms with E-state index in [9.17, 15) is 4.79 Å². The summed E-state index contributed by atoms with van der Waals surface area (Å²) in [6, 6.07) is 6.26. The van der Waals surface area contributed by atoms with Gasteiger partial charge in [-0.15, -0.1) is 0 Å². The lowest BCUT2D eigenvalue weighted by Gasteiger charge is -2.21. The Bertz CT molecular complexity index is 418. The Morgan fingerprint density at radius 1 is 1.39 bits per heavy atom. The van der Waals surface area contributed by atoms with E-state index in [0.29, 0.717) is 12.6 Å². The molecule has 1 aliphatic rings. The molecule has 1 atom stereocenters. The zero-order valence-corrected chi connectivity index (χ0v) is 11.3. The summed E-state index contributed by atoms with van der Waals surface area (Å²) in [7, 11) is 0. The Morgan fingerprint density at radius 2 is 2.00 bits per heavy atom. The monoisotopic (exact) mass is 247 g/mol. The molecular formula is C15H21NO2. The third kappa shape index (κ3) is 2.91. The lowest BCUT2D eigenvalue weighted by molar-refractivity contribution is -0.146. The molecule has 0 saturated heterocycles. The number of benzene rings is 1. The Morgan fingerprint density at radius 3 is 2.50 bits per heavy atom. The highest BCUT2D eigenvalue weighted by Crippen LogP contribution is 2.28. The van der Waals surface area contributed by atoms with E-state index in [2.05, 4.69) is 5.32 Å². The minimum Gasteiger partial charge on any atom is -0.465 e. The number of aryl methyl sites for hydroxylation is 2. The number of ether oxygens (including phenoxy) is 1. The number of rotatable bonds is 5. The van der Waals surface area contributed by atoms with E-state index in [-0.39, 0.29) is 12.0 Å². The summed E-state index contributed by atoms with van der Waals surface area (Å²) in [5.41, 5.74) is 3.35. The van der Waals surface area contributed by atoms with Gasteiger partial charge in [0.2, 0.25) is 0 Å². The second kappa shape index (κ2) is 5.53. The Balaban J connectivity index is 2.29. The molecule has 1 aromatic carbocycles. The molecule has 1 saturated carbocycles. The van der Waals surface area contributed by atoms with E-state index in [4.69, 9.17) is 4.74 Å². The molecule has 18 heavy (non-hydrogen) atoms. The molecule has 1 aromatic rings. The predicted octanol–water partition coefficient (Wildman–Crippen LogP) is 2.66. The molecule has 0 amide bonds. The van der Waals surface area contributed by atoms with Crippen molar-refractivity contribution in [3.8, 4) is 0 Å². The van der Waals surface area contributed by atoms with Gasteiger partial charge in [0.05, 0.1) is 6.61 Å². The Kier molecular flexibility index (Phi) is 4.02. The fourth-order valence-electron chi connectivity index (χ4n) is 2.26. The molecule has 98 valence electrons. The summed E-state index contributed by atoms with van der Waals surface area (Å²) < 4.78 is 5.20. The molecule has 0 bridgehead atoms. The van der Waals surface area contributed by atoms with Crippen LogP contribution >= 0.6 is 0 Å². The van der Waals surface area contributed by atoms with Gasteiger partial charge in [-0.2, -0.15) is 0 Å². The van der Waals surface area contributed by atoms with E-state index in [1.54, 1.807) is 0 Å². The number of nitrogens with one attached hydrogen (secondary N) is 1. The third-order valence-electron chi connectivity index (χ3n) is 3.33. The zero-order chi connectivity index (χ0) is 13.1. The lowest BCUT2D eigenvalue weighted by atomic mass is 9.96. The maximum absolute atomic E-state index is 12.1. The van der Waals surface area contributed by atoms with Crippen molar-refractivity contribution >= 4 is 5.97 Å². The average molecular weight is 247 g/mol. The van der Waals surface area contributed by atoms with Crippen LogP contribution in [0, 0.1) is 13.8 Å². The lowest BCUT2D eigenvalue weighted by Crippen LogP contribution is -2.33. The second-order valence-corrected chi connectivity index (χ2v) is 4.93. The minimum absolute atomic E-state index is 0.165. The molecule has 0 aromatic heterocycles. The maximum Gasteiger partial charge on any atom is 0.327 e. The van der Waals surface area contributed by atoms with Crippen LogP contribution in [-0.4, -0.2) is 18.6 Å². The van der Waals surface area contributed by atoms with Crippen molar-refractivity contribution in [1.29, 1.82) is 0 Å². The van der Waals surface area contributed by atoms with Crippen LogP contribution in [0.1, 0.15) is 42.5 Å². The summed E-state index contributed by atoms with van der Waals surface area (Å²) in [6.07, 6.45) is 2.31. The summed E-state index contributed by atoms with van der Waals surface area (Å²) in [6.45, 7) is 6.36. The number of hydrogen-bond donors (Lipinski definition) is 1. The molecular weight excluding hydrogens is 226 g/mol. The maximum atomic E-state index is 12.1. The number of hydrogen-bond acceptors (Lipinski definition) is 3. The van der Waals surface area contributed by atoms with Crippen LogP contribution in [-0.2, 0) is 9.53 Å². The predicted molar refractivity (Wildman–Crippen MR) is 71.4 cm³/mol. The molecule has 1 unspecified atom stereocenters. The Hall–Kier alpha value is -1.35. The molecule has 2 rings (SSSR count). The first-order valence-electron chi connectivity index (χ1n) is 6.62. The van der Waals surface area contributed by atoms with Gasteiger partial charge >= 0.3 is 5.97 Å². The number of carbonyl (C=O) groups is 1. The molecule has 0 radical (unpaired) electrons. The van der Waals surface area contributed by atoms with Crippen molar-refractivity contribution in [2.75, 3.05) is 6.61 Å². The normalized spacial score (nSPS) is 16.4. The average Bonchev–Trinajstić information content (AvgIpc) is 3.11. The minimum atomic E-state index is -0.321. The highest BCUT2D eigenvalue weighted by molar-refractivity contribution is 5.79. The van der Waals surface area contributed by atoms with Crippen LogP contribution in [0.25, 0.3) is 0 Å². The Labute approximate surface area is 109 Å². The van der Waals surface area contributed by atoms with Crippen LogP contribution in [0.15, 0.2) is 18.2 Å². The van der Waals surface area contributed by atoms with Gasteiger partial charge in [0, 0.05) is 6.04 Å². The smallest absolute Gasteiger partial charge is 0.327 e. The van der Waals surface area contributed by atoms with E-state index >= 15 is 0 Å². The van der Waals surface area contributed by atoms with Crippen LogP contribution < -0.4 is 5.32 Å². The van der Waals surface area contributed by atoms with Crippen molar-refractivity contribution in [2.24, 2.45) is 0 Å². The highest BCUT2D eigenvalue weighted by atomic mass is 16.5. The van der Waals surface area contributed by atoms with Gasteiger partial charge in [-0.25, -0.2) is 4.79 Å². The number of esters is 1. The molecule has 0 aliphatic heterocycles. The van der Waals surface area contributed by atoms with Crippen molar-refractivity contribution < 1.29 is 9.53 Å². The summed E-state index contributed by atoms with van der Waals surface area (Å²) in [4.78, 5) is 12.1. The van der Waals surface area contributed by atoms with E-state index in [0.717, 1.165) is 29.5 Å². The van der Waals surface area contributed by atoms with E-state index in [1.807, 2.05) is 39.0 Å². The van der Waals surface area contributed by atoms with Gasteiger partial charge in [-0.3, -0.25) is 5.32 Å². The fraction of sp³-hybridized carbons (Fsp3) is 0.533. The quantitative estimate of drug-likeness (QED) is 0.813. The van der Waals surface area contributed by atoms with E-state index < -0.39 is 0 Å². The zero-order valence-electron chi connectivity index (χ0n) is 11.3. The SMILES string of the molecule is CCOC(=O)C(NC1CC1)c1c(C)cccc1C.